The fraction of sp³-hybridized carbons (Fsp3) is 0.118. The molecule has 1 heteroatoms. The molecule has 0 aliphatic heterocycles. The molecule has 1 aliphatic rings. The van der Waals surface area contributed by atoms with E-state index in [0.29, 0.717) is 5.92 Å². The molecule has 18 heavy (non-hydrogen) atoms. The number of hydrogen-bond acceptors (Lipinski definition) is 1. The molecule has 0 N–H and O–H groups in total. The van der Waals surface area contributed by atoms with E-state index in [9.17, 15) is 0 Å². The molecule has 1 nitrogen and oxygen atoms in total. The third-order valence-electron chi connectivity index (χ3n) is 3.20. The van der Waals surface area contributed by atoms with E-state index in [0.717, 1.165) is 17.8 Å². The second-order valence-electron chi connectivity index (χ2n) is 4.47. The molecule has 88 valence electrons. The molecule has 0 unspecified atom stereocenters. The average molecular weight is 233 g/mol. The zero-order chi connectivity index (χ0) is 12.2. The summed E-state index contributed by atoms with van der Waals surface area (Å²) in [6, 6.07) is 16.6. The van der Waals surface area contributed by atoms with Crippen LogP contribution in [0.1, 0.15) is 18.0 Å². The highest BCUT2D eigenvalue weighted by Crippen LogP contribution is 2.25. The first-order valence-electron chi connectivity index (χ1n) is 6.29. The number of hydrogen-bond donors (Lipinski definition) is 0. The lowest BCUT2D eigenvalue weighted by Gasteiger charge is -2.13. The van der Waals surface area contributed by atoms with Crippen LogP contribution in [0.3, 0.4) is 0 Å². The van der Waals surface area contributed by atoms with Crippen LogP contribution in [0.5, 0.6) is 0 Å². The van der Waals surface area contributed by atoms with Crippen LogP contribution in [-0.4, -0.2) is 4.98 Å². The highest BCUT2D eigenvalue weighted by atomic mass is 14.7. The number of pyridine rings is 1. The first kappa shape index (κ1) is 11.0. The number of benzene rings is 1. The summed E-state index contributed by atoms with van der Waals surface area (Å²) in [5.41, 5.74) is 3.38. The smallest absolute Gasteiger partial charge is 0.0705 e. The van der Waals surface area contributed by atoms with Gasteiger partial charge in [0, 0.05) is 17.2 Å². The van der Waals surface area contributed by atoms with Crippen molar-refractivity contribution in [3.8, 4) is 11.3 Å². The molecule has 2 aromatic rings. The van der Waals surface area contributed by atoms with Crippen molar-refractivity contribution < 1.29 is 0 Å². The monoisotopic (exact) mass is 233 g/mol. The van der Waals surface area contributed by atoms with E-state index in [2.05, 4.69) is 54.6 Å². The van der Waals surface area contributed by atoms with Crippen LogP contribution in [0.4, 0.5) is 0 Å². The van der Waals surface area contributed by atoms with Gasteiger partial charge in [0.25, 0.3) is 0 Å². The summed E-state index contributed by atoms with van der Waals surface area (Å²) in [4.78, 5) is 4.78. The Morgan fingerprint density at radius 3 is 2.56 bits per heavy atom. The number of rotatable bonds is 2. The second-order valence-corrected chi connectivity index (χ2v) is 4.47. The van der Waals surface area contributed by atoms with Crippen LogP contribution in [0.2, 0.25) is 0 Å². The standard InChI is InChI=1S/C17H15N/c1-3-8-14(9-4-1)16-12-7-13-17(18-16)15-10-5-2-6-11-15/h1-10,12-13,15H,11H2/t15-/m1/s1. The summed E-state index contributed by atoms with van der Waals surface area (Å²) in [6.07, 6.45) is 9.66. The Morgan fingerprint density at radius 1 is 0.889 bits per heavy atom. The molecule has 1 heterocycles. The SMILES string of the molecule is C1=CC[C@H](c2cccc(-c3ccccc3)n2)C=C1. The van der Waals surface area contributed by atoms with Gasteiger partial charge in [0.1, 0.15) is 0 Å². The Balaban J connectivity index is 1.94. The summed E-state index contributed by atoms with van der Waals surface area (Å²) in [5, 5.41) is 0. The van der Waals surface area contributed by atoms with Gasteiger partial charge in [-0.3, -0.25) is 4.98 Å². The quantitative estimate of drug-likeness (QED) is 0.751. The molecular weight excluding hydrogens is 218 g/mol. The molecule has 0 saturated heterocycles. The lowest BCUT2D eigenvalue weighted by atomic mass is 9.96. The van der Waals surface area contributed by atoms with E-state index in [4.69, 9.17) is 4.98 Å². The minimum atomic E-state index is 0.415. The highest BCUT2D eigenvalue weighted by molar-refractivity contribution is 5.59. The van der Waals surface area contributed by atoms with Crippen LogP contribution in [-0.2, 0) is 0 Å². The molecule has 1 aromatic heterocycles. The molecule has 1 atom stereocenters. The van der Waals surface area contributed by atoms with Crippen LogP contribution < -0.4 is 0 Å². The van der Waals surface area contributed by atoms with Crippen molar-refractivity contribution in [1.82, 2.24) is 4.98 Å². The van der Waals surface area contributed by atoms with E-state index in [1.165, 1.54) is 5.56 Å². The number of allylic oxidation sites excluding steroid dienone is 4. The van der Waals surface area contributed by atoms with Gasteiger partial charge in [0.05, 0.1) is 5.69 Å². The second kappa shape index (κ2) is 5.01. The minimum absolute atomic E-state index is 0.415. The normalized spacial score (nSPS) is 17.9. The maximum Gasteiger partial charge on any atom is 0.0705 e. The molecular formula is C17H15N. The third-order valence-corrected chi connectivity index (χ3v) is 3.20. The fourth-order valence-corrected chi connectivity index (χ4v) is 2.23. The van der Waals surface area contributed by atoms with Gasteiger partial charge in [0.2, 0.25) is 0 Å². The van der Waals surface area contributed by atoms with Gasteiger partial charge in [-0.1, -0.05) is 60.7 Å². The summed E-state index contributed by atoms with van der Waals surface area (Å²) >= 11 is 0. The van der Waals surface area contributed by atoms with E-state index < -0.39 is 0 Å². The van der Waals surface area contributed by atoms with Crippen LogP contribution >= 0.6 is 0 Å². The Labute approximate surface area is 108 Å². The molecule has 0 spiro atoms. The Morgan fingerprint density at radius 2 is 1.78 bits per heavy atom. The Hall–Kier alpha value is -2.15. The third kappa shape index (κ3) is 2.25. The molecule has 0 amide bonds. The predicted octanol–water partition coefficient (Wildman–Crippen LogP) is 4.35. The lowest BCUT2D eigenvalue weighted by Crippen LogP contribution is -2.00. The maximum atomic E-state index is 4.78. The zero-order valence-electron chi connectivity index (χ0n) is 10.2. The van der Waals surface area contributed by atoms with Crippen molar-refractivity contribution in [3.05, 3.63) is 78.5 Å². The summed E-state index contributed by atoms with van der Waals surface area (Å²) in [7, 11) is 0. The largest absolute Gasteiger partial charge is 0.252 e. The van der Waals surface area contributed by atoms with Crippen molar-refractivity contribution in [3.63, 3.8) is 0 Å². The Kier molecular flexibility index (Phi) is 3.05. The highest BCUT2D eigenvalue weighted by Gasteiger charge is 2.10. The van der Waals surface area contributed by atoms with Gasteiger partial charge in [-0.05, 0) is 18.6 Å². The van der Waals surface area contributed by atoms with E-state index in [1.807, 2.05) is 18.2 Å². The molecule has 0 saturated carbocycles. The molecule has 0 fully saturated rings. The summed E-state index contributed by atoms with van der Waals surface area (Å²) in [5.74, 6) is 0.415. The van der Waals surface area contributed by atoms with Crippen LogP contribution in [0.25, 0.3) is 11.3 Å². The van der Waals surface area contributed by atoms with E-state index in [1.54, 1.807) is 0 Å². The van der Waals surface area contributed by atoms with Gasteiger partial charge in [-0.25, -0.2) is 0 Å². The zero-order valence-corrected chi connectivity index (χ0v) is 10.2. The van der Waals surface area contributed by atoms with Gasteiger partial charge < -0.3 is 0 Å². The number of aromatic nitrogens is 1. The number of nitrogens with zero attached hydrogens (tertiary/aromatic N) is 1. The van der Waals surface area contributed by atoms with E-state index in [-0.39, 0.29) is 0 Å². The van der Waals surface area contributed by atoms with Gasteiger partial charge in [0.15, 0.2) is 0 Å². The maximum absolute atomic E-state index is 4.78. The topological polar surface area (TPSA) is 12.9 Å². The summed E-state index contributed by atoms with van der Waals surface area (Å²) in [6.45, 7) is 0. The first-order valence-corrected chi connectivity index (χ1v) is 6.29. The minimum Gasteiger partial charge on any atom is -0.252 e. The summed E-state index contributed by atoms with van der Waals surface area (Å²) < 4.78 is 0. The van der Waals surface area contributed by atoms with Crippen molar-refractivity contribution in [2.75, 3.05) is 0 Å². The van der Waals surface area contributed by atoms with E-state index >= 15 is 0 Å². The molecule has 1 aliphatic carbocycles. The predicted molar refractivity (Wildman–Crippen MR) is 75.3 cm³/mol. The van der Waals surface area contributed by atoms with Crippen molar-refractivity contribution in [1.29, 1.82) is 0 Å². The van der Waals surface area contributed by atoms with Crippen LogP contribution in [0.15, 0.2) is 72.8 Å². The van der Waals surface area contributed by atoms with Gasteiger partial charge in [-0.2, -0.15) is 0 Å². The fourth-order valence-electron chi connectivity index (χ4n) is 2.23. The molecule has 1 aromatic carbocycles. The molecule has 3 rings (SSSR count). The van der Waals surface area contributed by atoms with Gasteiger partial charge >= 0.3 is 0 Å². The van der Waals surface area contributed by atoms with Crippen LogP contribution in [0, 0.1) is 0 Å². The van der Waals surface area contributed by atoms with Crippen molar-refractivity contribution in [2.45, 2.75) is 12.3 Å². The van der Waals surface area contributed by atoms with Crippen molar-refractivity contribution >= 4 is 0 Å². The average Bonchev–Trinajstić information content (AvgIpc) is 2.49. The van der Waals surface area contributed by atoms with Gasteiger partial charge in [-0.15, -0.1) is 0 Å². The lowest BCUT2D eigenvalue weighted by molar-refractivity contribution is 0.817. The van der Waals surface area contributed by atoms with Crippen molar-refractivity contribution in [2.24, 2.45) is 0 Å². The first-order chi connectivity index (χ1) is 8.93. The molecule has 0 bridgehead atoms. The molecule has 0 radical (unpaired) electrons. The Bertz CT molecular complexity index is 582.